The highest BCUT2D eigenvalue weighted by molar-refractivity contribution is 9.14. The lowest BCUT2D eigenvalue weighted by molar-refractivity contribution is -0.111. The van der Waals surface area contributed by atoms with Crippen molar-refractivity contribution in [1.29, 1.82) is 0 Å². The molecule has 0 atom stereocenters. The van der Waals surface area contributed by atoms with Crippen molar-refractivity contribution in [2.24, 2.45) is 0 Å². The van der Waals surface area contributed by atoms with Crippen LogP contribution < -0.4 is 15.9 Å². The van der Waals surface area contributed by atoms with Gasteiger partial charge in [-0.05, 0) is 19.4 Å². The van der Waals surface area contributed by atoms with Gasteiger partial charge in [-0.3, -0.25) is 9.78 Å². The maximum absolute atomic E-state index is 11.6. The summed E-state index contributed by atoms with van der Waals surface area (Å²) in [5.41, 5.74) is 1.67. The van der Waals surface area contributed by atoms with E-state index in [1.54, 1.807) is 6.20 Å². The molecule has 0 spiro atoms. The van der Waals surface area contributed by atoms with Crippen LogP contribution in [0.4, 0.5) is 5.69 Å². The molecule has 0 fully saturated rings. The molecule has 0 aromatic carbocycles. The topological polar surface area (TPSA) is 42.0 Å². The zero-order valence-electron chi connectivity index (χ0n) is 8.60. The van der Waals surface area contributed by atoms with Gasteiger partial charge in [-0.25, -0.2) is 0 Å². The maximum Gasteiger partial charge on any atom is 0.252 e. The molecule has 1 aromatic heterocycles. The van der Waals surface area contributed by atoms with E-state index < -0.39 is 0 Å². The Morgan fingerprint density at radius 2 is 2.33 bits per heavy atom. The molecule has 15 heavy (non-hydrogen) atoms. The van der Waals surface area contributed by atoms with E-state index in [0.29, 0.717) is 0 Å². The molecular weight excluding hydrogens is 256 g/mol. The van der Waals surface area contributed by atoms with Crippen LogP contribution in [0.15, 0.2) is 12.3 Å². The van der Waals surface area contributed by atoms with Crippen LogP contribution in [-0.4, -0.2) is 10.9 Å². The molecule has 2 rings (SSSR count). The molecule has 78 valence electrons. The number of rotatable bonds is 1. The largest absolute Gasteiger partial charge is 0.322 e. The van der Waals surface area contributed by atoms with Gasteiger partial charge in [0.25, 0.3) is 5.91 Å². The summed E-state index contributed by atoms with van der Waals surface area (Å²) >= 11 is 3.41. The smallest absolute Gasteiger partial charge is 0.252 e. The number of carbonyl (C=O) groups is 1. The summed E-state index contributed by atoms with van der Waals surface area (Å²) in [6, 6.07) is 1.83. The fraction of sp³-hybridized carbons (Fsp3) is 0.273. The number of pyridine rings is 1. The summed E-state index contributed by atoms with van der Waals surface area (Å²) in [6.45, 7) is 3.91. The van der Waals surface area contributed by atoms with Gasteiger partial charge in [-0.1, -0.05) is 22.9 Å². The number of nitrogens with one attached hydrogen (secondary N) is 1. The fourth-order valence-corrected chi connectivity index (χ4v) is 2.08. The van der Waals surface area contributed by atoms with E-state index >= 15 is 0 Å². The average Bonchev–Trinajstić information content (AvgIpc) is 2.52. The van der Waals surface area contributed by atoms with Crippen LogP contribution in [0, 0.1) is 0 Å². The van der Waals surface area contributed by atoms with E-state index in [0.717, 1.165) is 32.7 Å². The first kappa shape index (κ1) is 10.4. The lowest BCUT2D eigenvalue weighted by Crippen LogP contribution is -2.30. The van der Waals surface area contributed by atoms with E-state index in [-0.39, 0.29) is 5.91 Å². The van der Waals surface area contributed by atoms with Crippen molar-refractivity contribution >= 4 is 37.6 Å². The van der Waals surface area contributed by atoms with Crippen molar-refractivity contribution < 1.29 is 4.79 Å². The van der Waals surface area contributed by atoms with Crippen molar-refractivity contribution in [3.05, 3.63) is 22.8 Å². The Kier molecular flexibility index (Phi) is 2.61. The lowest BCUT2D eigenvalue weighted by atomic mass is 10.1. The quantitative estimate of drug-likeness (QED) is 0.828. The molecule has 0 bridgehead atoms. The van der Waals surface area contributed by atoms with Gasteiger partial charge in [-0.2, -0.15) is 0 Å². The van der Waals surface area contributed by atoms with Crippen LogP contribution in [0.1, 0.15) is 20.3 Å². The molecule has 1 N–H and O–H groups in total. The second-order valence-electron chi connectivity index (χ2n) is 3.40. The molecule has 0 saturated heterocycles. The number of carbonyl (C=O) groups excluding carboxylic acids is 1. The maximum atomic E-state index is 11.6. The second kappa shape index (κ2) is 3.77. The monoisotopic (exact) mass is 266 g/mol. The summed E-state index contributed by atoms with van der Waals surface area (Å²) < 4.78 is 0.946. The number of hydrogen-bond acceptors (Lipinski definition) is 2. The molecule has 2 heterocycles. The Morgan fingerprint density at radius 3 is 2.93 bits per heavy atom. The van der Waals surface area contributed by atoms with Gasteiger partial charge >= 0.3 is 0 Å². The predicted molar refractivity (Wildman–Crippen MR) is 63.8 cm³/mol. The van der Waals surface area contributed by atoms with Crippen LogP contribution in [0.5, 0.6) is 0 Å². The molecule has 0 radical (unpaired) electrons. The number of hydrogen-bond donors (Lipinski definition) is 1. The lowest BCUT2D eigenvalue weighted by Gasteiger charge is -1.95. The number of amides is 1. The number of nitrogens with zero attached hydrogens (tertiary/aromatic N) is 1. The van der Waals surface area contributed by atoms with Gasteiger partial charge < -0.3 is 5.32 Å². The second-order valence-corrected chi connectivity index (χ2v) is 4.59. The Morgan fingerprint density at radius 1 is 1.60 bits per heavy atom. The highest BCUT2D eigenvalue weighted by Crippen LogP contribution is 2.12. The Hall–Kier alpha value is -1.16. The van der Waals surface area contributed by atoms with Crippen molar-refractivity contribution in [3.8, 4) is 0 Å². The third kappa shape index (κ3) is 1.59. The van der Waals surface area contributed by atoms with E-state index in [2.05, 4.69) is 26.2 Å². The van der Waals surface area contributed by atoms with Gasteiger partial charge in [-0.15, -0.1) is 0 Å². The first-order valence-corrected chi connectivity index (χ1v) is 5.60. The molecule has 1 aliphatic rings. The SMILES string of the molecule is CCC1=c2c(ccn/c2=C(/C)Br)NC1=O. The molecule has 0 unspecified atom stereocenters. The van der Waals surface area contributed by atoms with Gasteiger partial charge in [0, 0.05) is 21.5 Å². The first-order valence-electron chi connectivity index (χ1n) is 4.81. The average molecular weight is 267 g/mol. The van der Waals surface area contributed by atoms with Crippen LogP contribution in [-0.2, 0) is 4.79 Å². The first-order chi connectivity index (χ1) is 7.15. The van der Waals surface area contributed by atoms with Crippen LogP contribution in [0.25, 0.3) is 10.1 Å². The standard InChI is InChI=1S/C11H11BrN2O/c1-3-7-9-8(14-11(7)15)4-5-13-10(9)6(2)12/h4-5H,3H2,1-2H3,(H,14,15)/b10-6-. The highest BCUT2D eigenvalue weighted by Gasteiger charge is 2.19. The van der Waals surface area contributed by atoms with Crippen LogP contribution in [0.2, 0.25) is 0 Å². The molecule has 4 heteroatoms. The van der Waals surface area contributed by atoms with Crippen molar-refractivity contribution in [1.82, 2.24) is 4.98 Å². The third-order valence-corrected chi connectivity index (χ3v) is 2.83. The summed E-state index contributed by atoms with van der Waals surface area (Å²) in [6.07, 6.45) is 2.43. The number of anilines is 1. The van der Waals surface area contributed by atoms with Gasteiger partial charge in [0.05, 0.1) is 11.0 Å². The number of fused-ring (bicyclic) bond motifs is 1. The summed E-state index contributed by atoms with van der Waals surface area (Å²) in [4.78, 5) is 15.9. The van der Waals surface area contributed by atoms with Gasteiger partial charge in [0.2, 0.25) is 0 Å². The molecule has 3 nitrogen and oxygen atoms in total. The Labute approximate surface area is 96.0 Å². The van der Waals surface area contributed by atoms with E-state index in [9.17, 15) is 4.79 Å². The minimum absolute atomic E-state index is 0.00417. The minimum atomic E-state index is -0.00417. The van der Waals surface area contributed by atoms with Crippen LogP contribution >= 0.6 is 15.9 Å². The fourth-order valence-electron chi connectivity index (χ4n) is 1.78. The zero-order valence-corrected chi connectivity index (χ0v) is 10.2. The van der Waals surface area contributed by atoms with Gasteiger partial charge in [0.1, 0.15) is 0 Å². The van der Waals surface area contributed by atoms with Crippen LogP contribution in [0.3, 0.4) is 0 Å². The van der Waals surface area contributed by atoms with E-state index in [4.69, 9.17) is 0 Å². The van der Waals surface area contributed by atoms with Crippen molar-refractivity contribution in [2.75, 3.05) is 5.32 Å². The van der Waals surface area contributed by atoms with E-state index in [1.165, 1.54) is 0 Å². The predicted octanol–water partition coefficient (Wildman–Crippen LogP) is 1.12. The Balaban J connectivity index is 2.97. The zero-order chi connectivity index (χ0) is 11.0. The van der Waals surface area contributed by atoms with Gasteiger partial charge in [0.15, 0.2) is 0 Å². The normalized spacial score (nSPS) is 16.2. The summed E-state index contributed by atoms with van der Waals surface area (Å²) in [5.74, 6) is -0.00417. The Bertz CT molecular complexity index is 544. The number of halogens is 1. The number of aromatic nitrogens is 1. The molecule has 1 amide bonds. The minimum Gasteiger partial charge on any atom is -0.322 e. The molecule has 1 aliphatic heterocycles. The summed E-state index contributed by atoms with van der Waals surface area (Å²) in [5, 5.41) is 4.64. The molecule has 0 saturated carbocycles. The summed E-state index contributed by atoms with van der Waals surface area (Å²) in [7, 11) is 0. The highest BCUT2D eigenvalue weighted by atomic mass is 79.9. The molecular formula is C11H11BrN2O. The molecule has 1 aromatic rings. The van der Waals surface area contributed by atoms with Crippen molar-refractivity contribution in [3.63, 3.8) is 0 Å². The van der Waals surface area contributed by atoms with E-state index in [1.807, 2.05) is 19.9 Å². The third-order valence-electron chi connectivity index (χ3n) is 2.45. The molecule has 0 aliphatic carbocycles. The van der Waals surface area contributed by atoms with Crippen molar-refractivity contribution in [2.45, 2.75) is 20.3 Å².